The van der Waals surface area contributed by atoms with Crippen molar-refractivity contribution in [1.82, 2.24) is 9.78 Å². The Bertz CT molecular complexity index is 318. The summed E-state index contributed by atoms with van der Waals surface area (Å²) in [6.45, 7) is 4.86. The zero-order chi connectivity index (χ0) is 10.6. The summed E-state index contributed by atoms with van der Waals surface area (Å²) in [6.07, 6.45) is 1.64. The van der Waals surface area contributed by atoms with Gasteiger partial charge in [-0.05, 0) is 25.8 Å². The fourth-order valence-corrected chi connectivity index (χ4v) is 1.40. The summed E-state index contributed by atoms with van der Waals surface area (Å²) in [6, 6.07) is 1.99. The second-order valence-corrected chi connectivity index (χ2v) is 3.19. The Labute approximate surface area is 83.5 Å². The Morgan fingerprint density at radius 2 is 2.29 bits per heavy atom. The molecule has 1 rings (SSSR count). The first-order valence-electron chi connectivity index (χ1n) is 4.94. The van der Waals surface area contributed by atoms with Crippen molar-refractivity contribution in [3.8, 4) is 0 Å². The average Bonchev–Trinajstić information content (AvgIpc) is 2.57. The summed E-state index contributed by atoms with van der Waals surface area (Å²) in [7, 11) is 0. The van der Waals surface area contributed by atoms with Crippen LogP contribution in [-0.2, 0) is 24.2 Å². The quantitative estimate of drug-likeness (QED) is 0.776. The molecule has 14 heavy (non-hydrogen) atoms. The number of nitrogens with zero attached hydrogens (tertiary/aromatic N) is 2. The highest BCUT2D eigenvalue weighted by molar-refractivity contribution is 5.66. The van der Waals surface area contributed by atoms with Crippen LogP contribution in [-0.4, -0.2) is 20.9 Å². The average molecular weight is 196 g/mol. The smallest absolute Gasteiger partial charge is 0.303 e. The van der Waals surface area contributed by atoms with E-state index in [1.807, 2.05) is 24.6 Å². The molecular weight excluding hydrogens is 180 g/mol. The van der Waals surface area contributed by atoms with Crippen molar-refractivity contribution in [2.45, 2.75) is 39.7 Å². The van der Waals surface area contributed by atoms with Crippen LogP contribution in [0.2, 0.25) is 0 Å². The van der Waals surface area contributed by atoms with Gasteiger partial charge in [0, 0.05) is 12.2 Å². The number of carboxylic acids is 1. The van der Waals surface area contributed by atoms with Crippen molar-refractivity contribution >= 4 is 5.97 Å². The molecule has 4 heteroatoms. The van der Waals surface area contributed by atoms with Gasteiger partial charge in [0.05, 0.1) is 12.1 Å². The second-order valence-electron chi connectivity index (χ2n) is 3.19. The number of aryl methyl sites for hydroxylation is 3. The third-order valence-corrected chi connectivity index (χ3v) is 2.17. The van der Waals surface area contributed by atoms with Gasteiger partial charge in [-0.15, -0.1) is 0 Å². The maximum atomic E-state index is 10.4. The van der Waals surface area contributed by atoms with Crippen molar-refractivity contribution in [3.05, 3.63) is 17.5 Å². The van der Waals surface area contributed by atoms with Crippen LogP contribution in [0.5, 0.6) is 0 Å². The number of hydrogen-bond donors (Lipinski definition) is 1. The molecule has 0 spiro atoms. The molecule has 0 saturated carbocycles. The van der Waals surface area contributed by atoms with Crippen molar-refractivity contribution in [2.75, 3.05) is 0 Å². The molecular formula is C10H16N2O2. The molecule has 1 aromatic heterocycles. The van der Waals surface area contributed by atoms with Crippen molar-refractivity contribution in [2.24, 2.45) is 0 Å². The number of hydrogen-bond acceptors (Lipinski definition) is 2. The van der Waals surface area contributed by atoms with Crippen LogP contribution in [0.4, 0.5) is 0 Å². The Morgan fingerprint density at radius 1 is 1.57 bits per heavy atom. The maximum absolute atomic E-state index is 10.4. The second kappa shape index (κ2) is 4.79. The van der Waals surface area contributed by atoms with Gasteiger partial charge in [-0.1, -0.05) is 6.92 Å². The zero-order valence-corrected chi connectivity index (χ0v) is 8.66. The van der Waals surface area contributed by atoms with E-state index in [2.05, 4.69) is 5.10 Å². The van der Waals surface area contributed by atoms with Crippen LogP contribution in [0.3, 0.4) is 0 Å². The molecule has 0 unspecified atom stereocenters. The fourth-order valence-electron chi connectivity index (χ4n) is 1.40. The van der Waals surface area contributed by atoms with Gasteiger partial charge in [0.1, 0.15) is 0 Å². The number of aromatic nitrogens is 2. The monoisotopic (exact) mass is 196 g/mol. The highest BCUT2D eigenvalue weighted by Gasteiger charge is 2.07. The minimum Gasteiger partial charge on any atom is -0.481 e. The molecule has 0 aromatic carbocycles. The van der Waals surface area contributed by atoms with E-state index in [9.17, 15) is 4.79 Å². The van der Waals surface area contributed by atoms with Gasteiger partial charge in [0.2, 0.25) is 0 Å². The van der Waals surface area contributed by atoms with Gasteiger partial charge in [-0.25, -0.2) is 0 Å². The molecule has 1 N–H and O–H groups in total. The first kappa shape index (κ1) is 10.8. The molecule has 0 saturated heterocycles. The van der Waals surface area contributed by atoms with Crippen LogP contribution in [0.25, 0.3) is 0 Å². The number of carbonyl (C=O) groups is 1. The minimum atomic E-state index is -0.757. The summed E-state index contributed by atoms with van der Waals surface area (Å²) in [5, 5.41) is 12.9. The third-order valence-electron chi connectivity index (χ3n) is 2.17. The summed E-state index contributed by atoms with van der Waals surface area (Å²) in [5.41, 5.74) is 2.05. The first-order chi connectivity index (χ1) is 6.67. The Balaban J connectivity index is 2.73. The third kappa shape index (κ3) is 2.58. The van der Waals surface area contributed by atoms with E-state index in [0.29, 0.717) is 6.42 Å². The molecule has 0 fully saturated rings. The molecule has 78 valence electrons. The normalized spacial score (nSPS) is 10.4. The van der Waals surface area contributed by atoms with Crippen LogP contribution in [0.15, 0.2) is 6.07 Å². The van der Waals surface area contributed by atoms with E-state index in [4.69, 9.17) is 5.11 Å². The van der Waals surface area contributed by atoms with E-state index in [1.165, 1.54) is 0 Å². The lowest BCUT2D eigenvalue weighted by atomic mass is 10.2. The molecule has 0 atom stereocenters. The minimum absolute atomic E-state index is 0.175. The highest BCUT2D eigenvalue weighted by atomic mass is 16.4. The molecule has 0 aliphatic rings. The van der Waals surface area contributed by atoms with Gasteiger partial charge in [-0.3, -0.25) is 9.48 Å². The fraction of sp³-hybridized carbons (Fsp3) is 0.600. The Kier molecular flexibility index (Phi) is 3.68. The van der Waals surface area contributed by atoms with E-state index in [0.717, 1.165) is 24.4 Å². The van der Waals surface area contributed by atoms with Crippen LogP contribution >= 0.6 is 0 Å². The standard InChI is InChI=1S/C10H16N2O2/c1-3-8-7-9(5-6-10(13)14)12(4-2)11-8/h7H,3-6H2,1-2H3,(H,13,14). The molecule has 1 aromatic rings. The molecule has 0 aliphatic carbocycles. The number of rotatable bonds is 5. The molecule has 0 bridgehead atoms. The summed E-state index contributed by atoms with van der Waals surface area (Å²) >= 11 is 0. The van der Waals surface area contributed by atoms with Gasteiger partial charge in [0.15, 0.2) is 0 Å². The van der Waals surface area contributed by atoms with Gasteiger partial charge < -0.3 is 5.11 Å². The Morgan fingerprint density at radius 3 is 2.79 bits per heavy atom. The van der Waals surface area contributed by atoms with Gasteiger partial charge in [0.25, 0.3) is 0 Å². The molecule has 0 radical (unpaired) electrons. The largest absolute Gasteiger partial charge is 0.481 e. The van der Waals surface area contributed by atoms with Crippen molar-refractivity contribution in [3.63, 3.8) is 0 Å². The number of aliphatic carboxylic acids is 1. The van der Waals surface area contributed by atoms with Crippen LogP contribution in [0.1, 0.15) is 31.7 Å². The van der Waals surface area contributed by atoms with E-state index in [-0.39, 0.29) is 6.42 Å². The predicted octanol–water partition coefficient (Wildman–Crippen LogP) is 1.48. The van der Waals surface area contributed by atoms with Crippen LogP contribution < -0.4 is 0 Å². The summed E-state index contributed by atoms with van der Waals surface area (Å²) in [4.78, 5) is 10.4. The molecule has 1 heterocycles. The zero-order valence-electron chi connectivity index (χ0n) is 8.66. The number of carboxylic acid groups (broad SMARTS) is 1. The van der Waals surface area contributed by atoms with Crippen molar-refractivity contribution in [1.29, 1.82) is 0 Å². The van der Waals surface area contributed by atoms with E-state index >= 15 is 0 Å². The predicted molar refractivity (Wildman–Crippen MR) is 53.2 cm³/mol. The van der Waals surface area contributed by atoms with E-state index < -0.39 is 5.97 Å². The lowest BCUT2D eigenvalue weighted by molar-refractivity contribution is -0.136. The highest BCUT2D eigenvalue weighted by Crippen LogP contribution is 2.08. The van der Waals surface area contributed by atoms with Gasteiger partial charge >= 0.3 is 5.97 Å². The summed E-state index contributed by atoms with van der Waals surface area (Å²) in [5.74, 6) is -0.757. The first-order valence-corrected chi connectivity index (χ1v) is 4.94. The molecule has 0 aliphatic heterocycles. The molecule has 4 nitrogen and oxygen atoms in total. The lowest BCUT2D eigenvalue weighted by Crippen LogP contribution is -2.05. The topological polar surface area (TPSA) is 55.1 Å². The van der Waals surface area contributed by atoms with Gasteiger partial charge in [-0.2, -0.15) is 5.10 Å². The SMILES string of the molecule is CCc1cc(CCC(=O)O)n(CC)n1. The van der Waals surface area contributed by atoms with Crippen molar-refractivity contribution < 1.29 is 9.90 Å². The van der Waals surface area contributed by atoms with E-state index in [1.54, 1.807) is 0 Å². The summed E-state index contributed by atoms with van der Waals surface area (Å²) < 4.78 is 1.88. The van der Waals surface area contributed by atoms with Crippen LogP contribution in [0, 0.1) is 0 Å². The maximum Gasteiger partial charge on any atom is 0.303 e. The molecule has 0 amide bonds. The lowest BCUT2D eigenvalue weighted by Gasteiger charge is -2.01. The Hall–Kier alpha value is -1.32.